The number of hydrogen-bond acceptors (Lipinski definition) is 3. The molecule has 1 fully saturated rings. The van der Waals surface area contributed by atoms with Gasteiger partial charge in [0.25, 0.3) is 0 Å². The largest absolute Gasteiger partial charge is 0.371 e. The molecule has 2 aliphatic rings. The number of hydrogen-bond donors (Lipinski definition) is 1. The lowest BCUT2D eigenvalue weighted by atomic mass is 10.1. The summed E-state index contributed by atoms with van der Waals surface area (Å²) in [4.78, 5) is 16.4. The predicted octanol–water partition coefficient (Wildman–Crippen LogP) is 0.961. The number of rotatable bonds is 1. The standard InChI is InChI=1S/C13H17N3O/c1-15-8-9-16(12(17)13(14)6-7-13)11-5-3-2-4-10(11)15/h2-5H,6-9,14H2,1H3. The van der Waals surface area contributed by atoms with Gasteiger partial charge in [-0.1, -0.05) is 12.1 Å². The lowest BCUT2D eigenvalue weighted by Gasteiger charge is -2.36. The summed E-state index contributed by atoms with van der Waals surface area (Å²) in [6, 6.07) is 8.01. The lowest BCUT2D eigenvalue weighted by Crippen LogP contribution is -2.50. The number of likely N-dealkylation sites (N-methyl/N-ethyl adjacent to an activating group) is 1. The van der Waals surface area contributed by atoms with Crippen LogP contribution in [0.5, 0.6) is 0 Å². The van der Waals surface area contributed by atoms with E-state index in [0.29, 0.717) is 0 Å². The number of para-hydroxylation sites is 2. The van der Waals surface area contributed by atoms with Crippen molar-refractivity contribution in [3.05, 3.63) is 24.3 Å². The molecule has 1 saturated carbocycles. The van der Waals surface area contributed by atoms with E-state index in [1.165, 1.54) is 0 Å². The minimum Gasteiger partial charge on any atom is -0.371 e. The van der Waals surface area contributed by atoms with Crippen LogP contribution >= 0.6 is 0 Å². The summed E-state index contributed by atoms with van der Waals surface area (Å²) in [6.07, 6.45) is 1.64. The summed E-state index contributed by atoms with van der Waals surface area (Å²) in [7, 11) is 2.05. The number of benzene rings is 1. The van der Waals surface area contributed by atoms with Gasteiger partial charge in [-0.25, -0.2) is 0 Å². The first-order chi connectivity index (χ1) is 8.12. The lowest BCUT2D eigenvalue weighted by molar-refractivity contribution is -0.120. The fourth-order valence-corrected chi connectivity index (χ4v) is 2.33. The number of amides is 1. The molecule has 1 aliphatic carbocycles. The average Bonchev–Trinajstić information content (AvgIpc) is 3.09. The topological polar surface area (TPSA) is 49.6 Å². The molecule has 2 N–H and O–H groups in total. The molecule has 0 bridgehead atoms. The zero-order valence-corrected chi connectivity index (χ0v) is 10.0. The summed E-state index contributed by atoms with van der Waals surface area (Å²) >= 11 is 0. The molecule has 4 heteroatoms. The highest BCUT2D eigenvalue weighted by atomic mass is 16.2. The van der Waals surface area contributed by atoms with Crippen molar-refractivity contribution in [2.24, 2.45) is 5.73 Å². The first-order valence-corrected chi connectivity index (χ1v) is 6.03. The molecule has 0 aromatic heterocycles. The summed E-state index contributed by atoms with van der Waals surface area (Å²) in [5, 5.41) is 0. The Morgan fingerprint density at radius 1 is 1.24 bits per heavy atom. The molecule has 0 radical (unpaired) electrons. The molecule has 1 aromatic carbocycles. The van der Waals surface area contributed by atoms with E-state index in [-0.39, 0.29) is 5.91 Å². The summed E-state index contributed by atoms with van der Waals surface area (Å²) < 4.78 is 0. The maximum Gasteiger partial charge on any atom is 0.247 e. The van der Waals surface area contributed by atoms with Gasteiger partial charge in [0.2, 0.25) is 5.91 Å². The third-order valence-corrected chi connectivity index (χ3v) is 3.70. The van der Waals surface area contributed by atoms with E-state index in [1.807, 2.05) is 29.2 Å². The van der Waals surface area contributed by atoms with Crippen LogP contribution in [0.15, 0.2) is 24.3 Å². The molecule has 17 heavy (non-hydrogen) atoms. The van der Waals surface area contributed by atoms with Gasteiger partial charge < -0.3 is 15.5 Å². The molecule has 90 valence electrons. The highest BCUT2D eigenvalue weighted by Crippen LogP contribution is 2.39. The van der Waals surface area contributed by atoms with E-state index in [4.69, 9.17) is 5.73 Å². The molecule has 0 unspecified atom stereocenters. The normalized spacial score (nSPS) is 21.1. The smallest absolute Gasteiger partial charge is 0.247 e. The molecule has 4 nitrogen and oxygen atoms in total. The van der Waals surface area contributed by atoms with Crippen molar-refractivity contribution in [1.82, 2.24) is 0 Å². The Morgan fingerprint density at radius 3 is 2.53 bits per heavy atom. The summed E-state index contributed by atoms with van der Waals surface area (Å²) in [5.41, 5.74) is 7.52. The Bertz CT molecular complexity index is 467. The third-order valence-electron chi connectivity index (χ3n) is 3.70. The average molecular weight is 231 g/mol. The number of carbonyl (C=O) groups is 1. The molecule has 0 saturated heterocycles. The fraction of sp³-hybridized carbons (Fsp3) is 0.462. The van der Waals surface area contributed by atoms with Gasteiger partial charge in [-0.3, -0.25) is 4.79 Å². The van der Waals surface area contributed by atoms with E-state index in [0.717, 1.165) is 37.3 Å². The van der Waals surface area contributed by atoms with Gasteiger partial charge in [-0.2, -0.15) is 0 Å². The van der Waals surface area contributed by atoms with E-state index in [1.54, 1.807) is 0 Å². The van der Waals surface area contributed by atoms with Crippen LogP contribution < -0.4 is 15.5 Å². The summed E-state index contributed by atoms with van der Waals surface area (Å²) in [6.45, 7) is 1.59. The molecule has 1 heterocycles. The Balaban J connectivity index is 1.98. The molecule has 1 amide bonds. The van der Waals surface area contributed by atoms with Crippen LogP contribution in [-0.4, -0.2) is 31.6 Å². The molecule has 1 aliphatic heterocycles. The van der Waals surface area contributed by atoms with Gasteiger partial charge >= 0.3 is 0 Å². The molecular formula is C13H17N3O. The minimum absolute atomic E-state index is 0.0815. The Kier molecular flexibility index (Phi) is 2.16. The fourth-order valence-electron chi connectivity index (χ4n) is 2.33. The first kappa shape index (κ1) is 10.6. The van der Waals surface area contributed by atoms with Gasteiger partial charge in [0.1, 0.15) is 0 Å². The minimum atomic E-state index is -0.580. The van der Waals surface area contributed by atoms with Crippen molar-refractivity contribution < 1.29 is 4.79 Å². The maximum atomic E-state index is 12.3. The van der Waals surface area contributed by atoms with E-state index < -0.39 is 5.54 Å². The number of anilines is 2. The van der Waals surface area contributed by atoms with Crippen LogP contribution in [0.3, 0.4) is 0 Å². The molecular weight excluding hydrogens is 214 g/mol. The summed E-state index contributed by atoms with van der Waals surface area (Å²) in [5.74, 6) is 0.0815. The second kappa shape index (κ2) is 3.47. The van der Waals surface area contributed by atoms with Crippen LogP contribution in [0.1, 0.15) is 12.8 Å². The van der Waals surface area contributed by atoms with Gasteiger partial charge in [0, 0.05) is 20.1 Å². The second-order valence-corrected chi connectivity index (χ2v) is 5.02. The van der Waals surface area contributed by atoms with E-state index in [2.05, 4.69) is 11.9 Å². The van der Waals surface area contributed by atoms with Crippen molar-refractivity contribution in [1.29, 1.82) is 0 Å². The van der Waals surface area contributed by atoms with Crippen molar-refractivity contribution in [3.8, 4) is 0 Å². The van der Waals surface area contributed by atoms with E-state index >= 15 is 0 Å². The number of carbonyl (C=O) groups excluding carboxylic acids is 1. The van der Waals surface area contributed by atoms with Crippen LogP contribution in [-0.2, 0) is 4.79 Å². The predicted molar refractivity (Wildman–Crippen MR) is 68.2 cm³/mol. The van der Waals surface area contributed by atoms with Gasteiger partial charge in [0.05, 0.1) is 16.9 Å². The quantitative estimate of drug-likeness (QED) is 0.783. The molecule has 1 aromatic rings. The SMILES string of the molecule is CN1CCN(C(=O)C2(N)CC2)c2ccccc21. The van der Waals surface area contributed by atoms with Crippen LogP contribution in [0.4, 0.5) is 11.4 Å². The van der Waals surface area contributed by atoms with Crippen LogP contribution in [0, 0.1) is 0 Å². The van der Waals surface area contributed by atoms with Crippen molar-refractivity contribution in [3.63, 3.8) is 0 Å². The van der Waals surface area contributed by atoms with Crippen LogP contribution in [0.2, 0.25) is 0 Å². The molecule has 0 atom stereocenters. The van der Waals surface area contributed by atoms with Crippen molar-refractivity contribution >= 4 is 17.3 Å². The Morgan fingerprint density at radius 2 is 1.88 bits per heavy atom. The van der Waals surface area contributed by atoms with Gasteiger partial charge in [0.15, 0.2) is 0 Å². The Hall–Kier alpha value is -1.55. The van der Waals surface area contributed by atoms with Crippen molar-refractivity contribution in [2.75, 3.05) is 29.9 Å². The number of fused-ring (bicyclic) bond motifs is 1. The highest BCUT2D eigenvalue weighted by Gasteiger charge is 2.49. The molecule has 3 rings (SSSR count). The first-order valence-electron chi connectivity index (χ1n) is 6.03. The number of nitrogens with two attached hydrogens (primary N) is 1. The zero-order chi connectivity index (χ0) is 12.0. The Labute approximate surface area is 101 Å². The van der Waals surface area contributed by atoms with Gasteiger partial charge in [-0.05, 0) is 25.0 Å². The van der Waals surface area contributed by atoms with Crippen molar-refractivity contribution in [2.45, 2.75) is 18.4 Å². The number of nitrogens with zero attached hydrogens (tertiary/aromatic N) is 2. The maximum absolute atomic E-state index is 12.3. The molecule has 0 spiro atoms. The highest BCUT2D eigenvalue weighted by molar-refractivity contribution is 6.04. The van der Waals surface area contributed by atoms with Gasteiger partial charge in [-0.15, -0.1) is 0 Å². The zero-order valence-electron chi connectivity index (χ0n) is 10.0. The second-order valence-electron chi connectivity index (χ2n) is 5.02. The van der Waals surface area contributed by atoms with Crippen LogP contribution in [0.25, 0.3) is 0 Å². The van der Waals surface area contributed by atoms with E-state index in [9.17, 15) is 4.79 Å². The monoisotopic (exact) mass is 231 g/mol. The third kappa shape index (κ3) is 1.60.